The van der Waals surface area contributed by atoms with Crippen LogP contribution in [-0.2, 0) is 16.0 Å². The first-order valence-electron chi connectivity index (χ1n) is 10.4. The lowest BCUT2D eigenvalue weighted by atomic mass is 9.88. The lowest BCUT2D eigenvalue weighted by Crippen LogP contribution is -2.45. The molecule has 0 aliphatic carbocycles. The van der Waals surface area contributed by atoms with Crippen molar-refractivity contribution in [1.29, 1.82) is 0 Å². The van der Waals surface area contributed by atoms with Gasteiger partial charge in [-0.2, -0.15) is 5.10 Å². The normalized spacial score (nSPS) is 27.6. The van der Waals surface area contributed by atoms with Gasteiger partial charge in [0.05, 0.1) is 31.1 Å². The second kappa shape index (κ2) is 7.97. The van der Waals surface area contributed by atoms with Crippen LogP contribution in [0.4, 0.5) is 0 Å². The summed E-state index contributed by atoms with van der Waals surface area (Å²) >= 11 is 0. The maximum absolute atomic E-state index is 6.60. The number of ether oxygens (including phenoxy) is 2. The fourth-order valence-corrected chi connectivity index (χ4v) is 4.58. The molecule has 0 N–H and O–H groups in total. The minimum Gasteiger partial charge on any atom is -0.379 e. The van der Waals surface area contributed by atoms with E-state index in [4.69, 9.17) is 9.47 Å². The van der Waals surface area contributed by atoms with E-state index in [-0.39, 0.29) is 5.60 Å². The predicted molar refractivity (Wildman–Crippen MR) is 101 cm³/mol. The van der Waals surface area contributed by atoms with Crippen LogP contribution in [0.15, 0.2) is 12.4 Å². The van der Waals surface area contributed by atoms with Crippen LogP contribution in [-0.4, -0.2) is 77.2 Å². The Bertz CT molecular complexity index is 574. The standard InChI is InChI=1S/C20H34N4O2/c1-17(2)24-15-18(13-21-24)14-22-7-5-20(6-8-22)4-3-19(26-20)16-23-9-11-25-12-10-23/h13,15,17,19H,3-12,14,16H2,1-2H3. The van der Waals surface area contributed by atoms with Crippen molar-refractivity contribution < 1.29 is 9.47 Å². The average Bonchev–Trinajstić information content (AvgIpc) is 3.26. The first-order chi connectivity index (χ1) is 12.6. The summed E-state index contributed by atoms with van der Waals surface area (Å²) in [5, 5.41) is 4.47. The van der Waals surface area contributed by atoms with E-state index in [2.05, 4.69) is 39.6 Å². The molecular formula is C20H34N4O2. The lowest BCUT2D eigenvalue weighted by molar-refractivity contribution is -0.0898. The molecule has 6 nitrogen and oxygen atoms in total. The molecule has 1 unspecified atom stereocenters. The summed E-state index contributed by atoms with van der Waals surface area (Å²) in [6.07, 6.45) is 9.44. The minimum atomic E-state index is 0.148. The third kappa shape index (κ3) is 4.30. The van der Waals surface area contributed by atoms with E-state index in [1.807, 2.05) is 6.20 Å². The molecule has 1 atom stereocenters. The second-order valence-electron chi connectivity index (χ2n) is 8.57. The van der Waals surface area contributed by atoms with E-state index in [9.17, 15) is 0 Å². The fraction of sp³-hybridized carbons (Fsp3) is 0.850. The molecule has 3 aliphatic rings. The number of nitrogens with zero attached hydrogens (tertiary/aromatic N) is 4. The molecule has 3 aliphatic heterocycles. The van der Waals surface area contributed by atoms with Gasteiger partial charge in [-0.05, 0) is 39.5 Å². The quantitative estimate of drug-likeness (QED) is 0.804. The second-order valence-corrected chi connectivity index (χ2v) is 8.57. The molecule has 4 heterocycles. The monoisotopic (exact) mass is 362 g/mol. The highest BCUT2D eigenvalue weighted by Crippen LogP contribution is 2.39. The SMILES string of the molecule is CC(C)n1cc(CN2CCC3(CCC(CN4CCOCC4)O3)CC2)cn1. The van der Waals surface area contributed by atoms with E-state index >= 15 is 0 Å². The molecule has 3 saturated heterocycles. The van der Waals surface area contributed by atoms with Crippen LogP contribution in [0.2, 0.25) is 0 Å². The smallest absolute Gasteiger partial charge is 0.0712 e. The Labute approximate surface area is 157 Å². The van der Waals surface area contributed by atoms with E-state index in [0.717, 1.165) is 52.5 Å². The summed E-state index contributed by atoms with van der Waals surface area (Å²) in [5.41, 5.74) is 1.47. The highest BCUT2D eigenvalue weighted by Gasteiger charge is 2.42. The van der Waals surface area contributed by atoms with Gasteiger partial charge in [-0.15, -0.1) is 0 Å². The number of piperidine rings is 1. The van der Waals surface area contributed by atoms with Gasteiger partial charge in [0.1, 0.15) is 0 Å². The van der Waals surface area contributed by atoms with Crippen molar-refractivity contribution in [3.05, 3.63) is 18.0 Å². The Morgan fingerprint density at radius 2 is 1.88 bits per heavy atom. The van der Waals surface area contributed by atoms with Crippen molar-refractivity contribution in [3.63, 3.8) is 0 Å². The number of morpholine rings is 1. The van der Waals surface area contributed by atoms with E-state index < -0.39 is 0 Å². The number of likely N-dealkylation sites (tertiary alicyclic amines) is 1. The van der Waals surface area contributed by atoms with Crippen LogP contribution in [0.25, 0.3) is 0 Å². The third-order valence-corrected chi connectivity index (χ3v) is 6.26. The van der Waals surface area contributed by atoms with Crippen LogP contribution >= 0.6 is 0 Å². The molecule has 146 valence electrons. The van der Waals surface area contributed by atoms with Crippen LogP contribution in [0, 0.1) is 0 Å². The molecule has 3 fully saturated rings. The Hall–Kier alpha value is -0.950. The zero-order chi connectivity index (χ0) is 18.0. The van der Waals surface area contributed by atoms with Crippen molar-refractivity contribution in [2.24, 2.45) is 0 Å². The summed E-state index contributed by atoms with van der Waals surface area (Å²) < 4.78 is 14.1. The third-order valence-electron chi connectivity index (χ3n) is 6.26. The molecular weight excluding hydrogens is 328 g/mol. The summed E-state index contributed by atoms with van der Waals surface area (Å²) in [7, 11) is 0. The number of hydrogen-bond acceptors (Lipinski definition) is 5. The van der Waals surface area contributed by atoms with Gasteiger partial charge < -0.3 is 9.47 Å². The fourth-order valence-electron chi connectivity index (χ4n) is 4.58. The number of rotatable bonds is 5. The first kappa shape index (κ1) is 18.4. The van der Waals surface area contributed by atoms with Gasteiger partial charge in [0.15, 0.2) is 0 Å². The zero-order valence-electron chi connectivity index (χ0n) is 16.4. The topological polar surface area (TPSA) is 42.8 Å². The van der Waals surface area contributed by atoms with Gasteiger partial charge in [0, 0.05) is 57.1 Å². The van der Waals surface area contributed by atoms with Crippen LogP contribution in [0.1, 0.15) is 51.1 Å². The maximum Gasteiger partial charge on any atom is 0.0712 e. The highest BCUT2D eigenvalue weighted by atomic mass is 16.5. The average molecular weight is 363 g/mol. The maximum atomic E-state index is 6.60. The molecule has 1 aromatic heterocycles. The van der Waals surface area contributed by atoms with Gasteiger partial charge in [-0.1, -0.05) is 0 Å². The lowest BCUT2D eigenvalue weighted by Gasteiger charge is -2.39. The van der Waals surface area contributed by atoms with Crippen molar-refractivity contribution >= 4 is 0 Å². The van der Waals surface area contributed by atoms with Crippen molar-refractivity contribution in [3.8, 4) is 0 Å². The van der Waals surface area contributed by atoms with Crippen LogP contribution < -0.4 is 0 Å². The Morgan fingerprint density at radius 3 is 2.58 bits per heavy atom. The largest absolute Gasteiger partial charge is 0.379 e. The van der Waals surface area contributed by atoms with Gasteiger partial charge in [0.2, 0.25) is 0 Å². The molecule has 6 heteroatoms. The number of aromatic nitrogens is 2. The van der Waals surface area contributed by atoms with Crippen molar-refractivity contribution in [2.75, 3.05) is 45.9 Å². The Balaban J connectivity index is 1.24. The predicted octanol–water partition coefficient (Wildman–Crippen LogP) is 2.31. The summed E-state index contributed by atoms with van der Waals surface area (Å²) in [4.78, 5) is 5.07. The molecule has 0 bridgehead atoms. The minimum absolute atomic E-state index is 0.148. The van der Waals surface area contributed by atoms with Gasteiger partial charge in [-0.3, -0.25) is 14.5 Å². The molecule has 4 rings (SSSR count). The molecule has 1 spiro atoms. The van der Waals surface area contributed by atoms with Crippen LogP contribution in [0.5, 0.6) is 0 Å². The molecule has 0 saturated carbocycles. The molecule has 26 heavy (non-hydrogen) atoms. The van der Waals surface area contributed by atoms with E-state index in [1.165, 1.54) is 31.2 Å². The van der Waals surface area contributed by atoms with Gasteiger partial charge in [-0.25, -0.2) is 0 Å². The van der Waals surface area contributed by atoms with E-state index in [1.54, 1.807) is 0 Å². The molecule has 0 radical (unpaired) electrons. The van der Waals surface area contributed by atoms with Gasteiger partial charge in [0.25, 0.3) is 0 Å². The molecule has 0 aromatic carbocycles. The summed E-state index contributed by atoms with van der Waals surface area (Å²) in [6, 6.07) is 0.434. The molecule has 1 aromatic rings. The Morgan fingerprint density at radius 1 is 1.12 bits per heavy atom. The number of hydrogen-bond donors (Lipinski definition) is 0. The molecule has 0 amide bonds. The first-order valence-corrected chi connectivity index (χ1v) is 10.4. The van der Waals surface area contributed by atoms with E-state index in [0.29, 0.717) is 12.1 Å². The zero-order valence-corrected chi connectivity index (χ0v) is 16.4. The Kier molecular flexibility index (Phi) is 5.64. The summed E-state index contributed by atoms with van der Waals surface area (Å²) in [5.74, 6) is 0. The van der Waals surface area contributed by atoms with Crippen molar-refractivity contribution in [2.45, 2.75) is 63.8 Å². The summed E-state index contributed by atoms with van der Waals surface area (Å²) in [6.45, 7) is 12.6. The van der Waals surface area contributed by atoms with Gasteiger partial charge >= 0.3 is 0 Å². The van der Waals surface area contributed by atoms with Crippen molar-refractivity contribution in [1.82, 2.24) is 19.6 Å². The highest BCUT2D eigenvalue weighted by molar-refractivity contribution is 5.05. The van der Waals surface area contributed by atoms with Crippen LogP contribution in [0.3, 0.4) is 0 Å².